The van der Waals surface area contributed by atoms with Gasteiger partial charge in [-0.15, -0.1) is 0 Å². The summed E-state index contributed by atoms with van der Waals surface area (Å²) in [6.07, 6.45) is 9.20. The Bertz CT molecular complexity index is 1770. The van der Waals surface area contributed by atoms with Crippen molar-refractivity contribution in [1.29, 1.82) is 0 Å². The Kier molecular flexibility index (Phi) is 9.81. The Balaban J connectivity index is 1.24. The number of Topliss-reactive ketones (excluding diaryl/α,β-unsaturated/α-hetero) is 1. The third-order valence-electron chi connectivity index (χ3n) is 10.6. The van der Waals surface area contributed by atoms with Gasteiger partial charge in [-0.05, 0) is 117 Å². The molecule has 5 heterocycles. The molecule has 1 aliphatic carbocycles. The van der Waals surface area contributed by atoms with E-state index in [-0.39, 0.29) is 53.1 Å². The molecule has 0 radical (unpaired) electrons. The minimum atomic E-state index is -0.657. The smallest absolute Gasteiger partial charge is 0.411 e. The van der Waals surface area contributed by atoms with Crippen molar-refractivity contribution in [2.24, 2.45) is 11.8 Å². The van der Waals surface area contributed by atoms with Gasteiger partial charge in [-0.3, -0.25) is 24.3 Å². The third-order valence-corrected chi connectivity index (χ3v) is 10.6. The average Bonchev–Trinajstić information content (AvgIpc) is 3.46. The van der Waals surface area contributed by atoms with Crippen LogP contribution in [0.25, 0.3) is 16.6 Å². The second-order valence-corrected chi connectivity index (χ2v) is 15.7. The minimum absolute atomic E-state index is 0.00506. The maximum Gasteiger partial charge on any atom is 0.411 e. The molecule has 3 saturated heterocycles. The number of aromatic nitrogens is 2. The molecular formula is C39H50FN5O5. The minimum Gasteiger partial charge on any atom is -0.444 e. The molecule has 2 aromatic heterocycles. The number of rotatable bonds is 7. The van der Waals surface area contributed by atoms with Crippen LogP contribution in [0, 0.1) is 17.7 Å². The lowest BCUT2D eigenvalue weighted by molar-refractivity contribution is -0.146. The Morgan fingerprint density at radius 3 is 2.20 bits per heavy atom. The highest BCUT2D eigenvalue weighted by molar-refractivity contribution is 6.10. The number of piperidine rings is 3. The Morgan fingerprint density at radius 2 is 1.58 bits per heavy atom. The molecule has 10 nitrogen and oxygen atoms in total. The summed E-state index contributed by atoms with van der Waals surface area (Å²) in [6, 6.07) is 5.20. The van der Waals surface area contributed by atoms with Gasteiger partial charge in [0, 0.05) is 60.5 Å². The molecule has 3 aromatic rings. The second-order valence-electron chi connectivity index (χ2n) is 15.7. The summed E-state index contributed by atoms with van der Waals surface area (Å²) in [5, 5.41) is 0.696. The molecule has 268 valence electrons. The molecule has 1 aromatic carbocycles. The largest absolute Gasteiger partial charge is 0.444 e. The van der Waals surface area contributed by atoms with E-state index in [0.29, 0.717) is 48.1 Å². The quantitative estimate of drug-likeness (QED) is 0.247. The predicted molar refractivity (Wildman–Crippen MR) is 189 cm³/mol. The van der Waals surface area contributed by atoms with Gasteiger partial charge in [-0.1, -0.05) is 0 Å². The van der Waals surface area contributed by atoms with Crippen LogP contribution < -0.4 is 0 Å². The number of halogens is 1. The van der Waals surface area contributed by atoms with E-state index in [0.717, 1.165) is 25.7 Å². The van der Waals surface area contributed by atoms with E-state index in [1.54, 1.807) is 45.1 Å². The van der Waals surface area contributed by atoms with E-state index < -0.39 is 23.6 Å². The number of likely N-dealkylation sites (tertiary alicyclic amines) is 1. The van der Waals surface area contributed by atoms with E-state index in [4.69, 9.17) is 4.74 Å². The van der Waals surface area contributed by atoms with Crippen LogP contribution >= 0.6 is 0 Å². The van der Waals surface area contributed by atoms with Gasteiger partial charge < -0.3 is 19.1 Å². The second kappa shape index (κ2) is 13.8. The predicted octanol–water partition coefficient (Wildman–Crippen LogP) is 7.02. The molecule has 4 aliphatic rings. The summed E-state index contributed by atoms with van der Waals surface area (Å²) in [6.45, 7) is 14.1. The molecular weight excluding hydrogens is 637 g/mol. The van der Waals surface area contributed by atoms with Gasteiger partial charge in [0.1, 0.15) is 17.5 Å². The normalized spacial score (nSPS) is 21.3. The number of pyridine rings is 1. The maximum atomic E-state index is 14.7. The van der Waals surface area contributed by atoms with Crippen LogP contribution in [0.4, 0.5) is 9.18 Å². The molecule has 50 heavy (non-hydrogen) atoms. The number of carbonyl (C=O) groups excluding carboxylic acids is 4. The standard InChI is InChI=1S/C39H50FN5O5/c1-23(2)44(24(3)4)36(47)30-20-27(40)10-13-32(30)43-22-31(29-14-17-41-21-33(29)43)35(46)26-15-18-42(19-16-26)37(48)34-25-8-11-28(12-9-25)45(34)38(49)50-39(5,6)7/h10,13-14,17,20-26,28,34H,8-9,11-12,15-16,18-19H2,1-7H3/t25?,28?,34-/m1/s1. The molecule has 3 aliphatic heterocycles. The van der Waals surface area contributed by atoms with Crippen LogP contribution in [-0.4, -0.2) is 90.8 Å². The first kappa shape index (κ1) is 35.5. The number of nitrogens with zero attached hydrogens (tertiary/aromatic N) is 5. The highest BCUT2D eigenvalue weighted by Gasteiger charge is 2.50. The molecule has 3 amide bonds. The molecule has 4 fully saturated rings. The van der Waals surface area contributed by atoms with Crippen LogP contribution in [0.3, 0.4) is 0 Å². The lowest BCUT2D eigenvalue weighted by Crippen LogP contribution is -2.64. The van der Waals surface area contributed by atoms with E-state index in [9.17, 15) is 23.6 Å². The summed E-state index contributed by atoms with van der Waals surface area (Å²) in [5.41, 5.74) is 1.15. The van der Waals surface area contributed by atoms with Crippen molar-refractivity contribution in [1.82, 2.24) is 24.3 Å². The van der Waals surface area contributed by atoms with Crippen LogP contribution in [0.15, 0.2) is 42.9 Å². The van der Waals surface area contributed by atoms with Crippen molar-refractivity contribution < 1.29 is 28.3 Å². The van der Waals surface area contributed by atoms with Crippen LogP contribution in [-0.2, 0) is 9.53 Å². The van der Waals surface area contributed by atoms with Gasteiger partial charge in [0.2, 0.25) is 5.91 Å². The zero-order chi connectivity index (χ0) is 36.1. The van der Waals surface area contributed by atoms with Crippen molar-refractivity contribution in [3.63, 3.8) is 0 Å². The van der Waals surface area contributed by atoms with Gasteiger partial charge >= 0.3 is 6.09 Å². The summed E-state index contributed by atoms with van der Waals surface area (Å²) in [7, 11) is 0. The number of benzene rings is 1. The average molecular weight is 688 g/mol. The zero-order valence-corrected chi connectivity index (χ0v) is 30.3. The van der Waals surface area contributed by atoms with Crippen LogP contribution in [0.2, 0.25) is 0 Å². The maximum absolute atomic E-state index is 14.7. The van der Waals surface area contributed by atoms with Crippen molar-refractivity contribution in [2.75, 3.05) is 13.1 Å². The zero-order valence-electron chi connectivity index (χ0n) is 30.3. The lowest BCUT2D eigenvalue weighted by atomic mass is 9.74. The monoisotopic (exact) mass is 687 g/mol. The number of fused-ring (bicyclic) bond motifs is 4. The molecule has 2 bridgehead atoms. The highest BCUT2D eigenvalue weighted by Crippen LogP contribution is 2.42. The fraction of sp³-hybridized carbons (Fsp3) is 0.564. The van der Waals surface area contributed by atoms with E-state index in [1.165, 1.54) is 12.1 Å². The fourth-order valence-corrected chi connectivity index (χ4v) is 8.38. The molecule has 11 heteroatoms. The Morgan fingerprint density at radius 1 is 0.920 bits per heavy atom. The number of carbonyl (C=O) groups is 4. The number of amides is 3. The van der Waals surface area contributed by atoms with Crippen molar-refractivity contribution in [3.05, 3.63) is 59.8 Å². The SMILES string of the molecule is CC(C)N(C(=O)c1cc(F)ccc1-n1cc(C(=O)C2CCN(C(=O)[C@H]3C4CCC(CC4)N3C(=O)OC(C)(C)C)CC2)c2ccncc21)C(C)C. The number of hydrogen-bond acceptors (Lipinski definition) is 6. The van der Waals surface area contributed by atoms with Gasteiger partial charge in [-0.25, -0.2) is 9.18 Å². The Labute approximate surface area is 293 Å². The lowest BCUT2D eigenvalue weighted by Gasteiger charge is -2.51. The van der Waals surface area contributed by atoms with Gasteiger partial charge in [0.05, 0.1) is 23.0 Å². The third kappa shape index (κ3) is 6.75. The van der Waals surface area contributed by atoms with E-state index >= 15 is 0 Å². The first-order chi connectivity index (χ1) is 23.7. The van der Waals surface area contributed by atoms with Crippen LogP contribution in [0.5, 0.6) is 0 Å². The van der Waals surface area contributed by atoms with E-state index in [2.05, 4.69) is 4.98 Å². The summed E-state index contributed by atoms with van der Waals surface area (Å²) in [5.74, 6) is -1.12. The van der Waals surface area contributed by atoms with Crippen LogP contribution in [0.1, 0.15) is 108 Å². The number of ether oxygens (including phenoxy) is 1. The van der Waals surface area contributed by atoms with E-state index in [1.807, 2.05) is 53.4 Å². The van der Waals surface area contributed by atoms with Crippen molar-refractivity contribution >= 4 is 34.6 Å². The molecule has 7 rings (SSSR count). The molecule has 0 unspecified atom stereocenters. The molecule has 1 atom stereocenters. The highest BCUT2D eigenvalue weighted by atomic mass is 19.1. The first-order valence-corrected chi connectivity index (χ1v) is 18.1. The van der Waals surface area contributed by atoms with Gasteiger partial charge in [0.25, 0.3) is 5.91 Å². The summed E-state index contributed by atoms with van der Waals surface area (Å²) in [4.78, 5) is 65.1. The topological polar surface area (TPSA) is 105 Å². The molecule has 0 spiro atoms. The Hall–Kier alpha value is -4.28. The van der Waals surface area contributed by atoms with Crippen molar-refractivity contribution in [3.8, 4) is 5.69 Å². The molecule has 0 N–H and O–H groups in total. The number of hydrogen-bond donors (Lipinski definition) is 0. The molecule has 1 saturated carbocycles. The van der Waals surface area contributed by atoms with Gasteiger partial charge in [-0.2, -0.15) is 0 Å². The van der Waals surface area contributed by atoms with Crippen molar-refractivity contribution in [2.45, 2.75) is 117 Å². The van der Waals surface area contributed by atoms with Gasteiger partial charge in [0.15, 0.2) is 5.78 Å². The number of ketones is 1. The summed E-state index contributed by atoms with van der Waals surface area (Å²) >= 11 is 0. The fourth-order valence-electron chi connectivity index (χ4n) is 8.38. The first-order valence-electron chi connectivity index (χ1n) is 18.1. The summed E-state index contributed by atoms with van der Waals surface area (Å²) < 4.78 is 22.2.